The summed E-state index contributed by atoms with van der Waals surface area (Å²) in [5.41, 5.74) is 1.08. The molecule has 8 heteroatoms. The molecule has 1 N–H and O–H groups in total. The van der Waals surface area contributed by atoms with Crippen LogP contribution in [0.5, 0.6) is 11.5 Å². The Morgan fingerprint density at radius 3 is 2.44 bits per heavy atom. The van der Waals surface area contributed by atoms with Crippen molar-refractivity contribution in [3.8, 4) is 11.5 Å². The summed E-state index contributed by atoms with van der Waals surface area (Å²) in [6.45, 7) is 3.11. The summed E-state index contributed by atoms with van der Waals surface area (Å²) in [5, 5.41) is 11.6. The minimum absolute atomic E-state index is 0.0312. The molecule has 1 aliphatic rings. The standard InChI is InChI=1S/C24H27ClN2O5/c1-5-32-19-14-16(8-11-18(19)25)22(28)20-21(15-6-9-17(31-4)10-7-15)27(13-12-26(2)3)24(30)23(20)29/h6-11,14,21,28H,5,12-13H2,1-4H3/b22-20-. The molecule has 3 rings (SSSR count). The van der Waals surface area contributed by atoms with Gasteiger partial charge in [-0.1, -0.05) is 23.7 Å². The highest BCUT2D eigenvalue weighted by atomic mass is 35.5. The number of ether oxygens (including phenoxy) is 2. The van der Waals surface area contributed by atoms with E-state index in [1.807, 2.05) is 25.9 Å². The number of amides is 1. The third-order valence-corrected chi connectivity index (χ3v) is 5.58. The van der Waals surface area contributed by atoms with Crippen molar-refractivity contribution in [2.75, 3.05) is 40.9 Å². The van der Waals surface area contributed by atoms with Crippen LogP contribution in [0.25, 0.3) is 5.76 Å². The smallest absolute Gasteiger partial charge is 0.295 e. The first-order valence-electron chi connectivity index (χ1n) is 10.3. The number of benzene rings is 2. The zero-order valence-electron chi connectivity index (χ0n) is 18.6. The average molecular weight is 459 g/mol. The highest BCUT2D eigenvalue weighted by Crippen LogP contribution is 2.40. The van der Waals surface area contributed by atoms with Gasteiger partial charge in [-0.15, -0.1) is 0 Å². The average Bonchev–Trinajstić information content (AvgIpc) is 3.03. The molecule has 7 nitrogen and oxygen atoms in total. The van der Waals surface area contributed by atoms with Gasteiger partial charge >= 0.3 is 0 Å². The number of carbonyl (C=O) groups excluding carboxylic acids is 2. The van der Waals surface area contributed by atoms with Gasteiger partial charge in [-0.25, -0.2) is 0 Å². The lowest BCUT2D eigenvalue weighted by molar-refractivity contribution is -0.140. The summed E-state index contributed by atoms with van der Waals surface area (Å²) in [6.07, 6.45) is 0. The molecule has 1 heterocycles. The van der Waals surface area contributed by atoms with Crippen LogP contribution in [0.1, 0.15) is 24.1 Å². The Morgan fingerprint density at radius 2 is 1.84 bits per heavy atom. The summed E-state index contributed by atoms with van der Waals surface area (Å²) >= 11 is 6.17. The predicted molar refractivity (Wildman–Crippen MR) is 123 cm³/mol. The molecule has 1 saturated heterocycles. The number of Topliss-reactive ketones (excluding diaryl/α,β-unsaturated/α-hetero) is 1. The Kier molecular flexibility index (Phi) is 7.43. The Morgan fingerprint density at radius 1 is 1.16 bits per heavy atom. The molecule has 0 aromatic heterocycles. The first-order chi connectivity index (χ1) is 15.3. The molecule has 0 saturated carbocycles. The van der Waals surface area contributed by atoms with Gasteiger partial charge in [0.1, 0.15) is 17.3 Å². The summed E-state index contributed by atoms with van der Waals surface area (Å²) in [4.78, 5) is 29.4. The van der Waals surface area contributed by atoms with Gasteiger partial charge in [0, 0.05) is 18.7 Å². The normalized spacial score (nSPS) is 17.8. The number of aliphatic hydroxyl groups excluding tert-OH is 1. The molecule has 2 aromatic rings. The van der Waals surface area contributed by atoms with Gasteiger partial charge in [0.15, 0.2) is 0 Å². The molecule has 1 unspecified atom stereocenters. The fourth-order valence-electron chi connectivity index (χ4n) is 3.62. The second-order valence-electron chi connectivity index (χ2n) is 7.65. The number of aliphatic hydroxyl groups is 1. The lowest BCUT2D eigenvalue weighted by atomic mass is 9.95. The first kappa shape index (κ1) is 23.6. The number of likely N-dealkylation sites (tertiary alicyclic amines) is 1. The number of hydrogen-bond acceptors (Lipinski definition) is 6. The van der Waals surface area contributed by atoms with Crippen LogP contribution in [0.4, 0.5) is 0 Å². The molecule has 32 heavy (non-hydrogen) atoms. The third-order valence-electron chi connectivity index (χ3n) is 5.26. The molecular weight excluding hydrogens is 432 g/mol. The van der Waals surface area contributed by atoms with E-state index in [4.69, 9.17) is 21.1 Å². The van der Waals surface area contributed by atoms with E-state index in [1.165, 1.54) is 4.90 Å². The van der Waals surface area contributed by atoms with Gasteiger partial charge in [-0.05, 0) is 56.9 Å². The van der Waals surface area contributed by atoms with Crippen molar-refractivity contribution in [3.63, 3.8) is 0 Å². The van der Waals surface area contributed by atoms with Crippen LogP contribution in [0, 0.1) is 0 Å². The topological polar surface area (TPSA) is 79.3 Å². The van der Waals surface area contributed by atoms with E-state index in [9.17, 15) is 14.7 Å². The van der Waals surface area contributed by atoms with Crippen molar-refractivity contribution < 1.29 is 24.2 Å². The second-order valence-corrected chi connectivity index (χ2v) is 8.05. The maximum atomic E-state index is 13.1. The fourth-order valence-corrected chi connectivity index (χ4v) is 3.80. The number of carbonyl (C=O) groups is 2. The first-order valence-corrected chi connectivity index (χ1v) is 10.7. The molecule has 0 radical (unpaired) electrons. The number of ketones is 1. The highest BCUT2D eigenvalue weighted by Gasteiger charge is 2.45. The van der Waals surface area contributed by atoms with E-state index in [0.29, 0.717) is 47.3 Å². The van der Waals surface area contributed by atoms with Crippen molar-refractivity contribution >= 4 is 29.1 Å². The van der Waals surface area contributed by atoms with Crippen LogP contribution in [-0.2, 0) is 9.59 Å². The molecule has 1 fully saturated rings. The van der Waals surface area contributed by atoms with E-state index in [1.54, 1.807) is 49.6 Å². The van der Waals surface area contributed by atoms with Gasteiger partial charge < -0.3 is 24.4 Å². The Balaban J connectivity index is 2.14. The van der Waals surface area contributed by atoms with Gasteiger partial charge in [0.25, 0.3) is 11.7 Å². The van der Waals surface area contributed by atoms with Gasteiger partial charge in [0.05, 0.1) is 30.4 Å². The summed E-state index contributed by atoms with van der Waals surface area (Å²) in [5.74, 6) is -0.601. The lowest BCUT2D eigenvalue weighted by Crippen LogP contribution is -2.35. The largest absolute Gasteiger partial charge is 0.507 e. The number of halogens is 1. The van der Waals surface area contributed by atoms with Crippen molar-refractivity contribution in [2.24, 2.45) is 0 Å². The maximum Gasteiger partial charge on any atom is 0.295 e. The van der Waals surface area contributed by atoms with Crippen LogP contribution < -0.4 is 9.47 Å². The summed E-state index contributed by atoms with van der Waals surface area (Å²) in [6, 6.07) is 11.1. The van der Waals surface area contributed by atoms with Crippen LogP contribution >= 0.6 is 11.6 Å². The SMILES string of the molecule is CCOc1cc(/C(O)=C2/C(=O)C(=O)N(CCN(C)C)C2c2ccc(OC)cc2)ccc1Cl. The minimum Gasteiger partial charge on any atom is -0.507 e. The van der Waals surface area contributed by atoms with Crippen molar-refractivity contribution in [3.05, 3.63) is 64.2 Å². The number of methoxy groups -OCH3 is 1. The van der Waals surface area contributed by atoms with E-state index >= 15 is 0 Å². The zero-order valence-corrected chi connectivity index (χ0v) is 19.3. The fraction of sp³-hybridized carbons (Fsp3) is 0.333. The molecule has 1 amide bonds. The number of rotatable bonds is 8. The Bertz CT molecular complexity index is 1030. The zero-order chi connectivity index (χ0) is 23.4. The molecule has 1 atom stereocenters. The van der Waals surface area contributed by atoms with Gasteiger partial charge in [-0.2, -0.15) is 0 Å². The molecule has 170 valence electrons. The third kappa shape index (κ3) is 4.74. The molecule has 2 aromatic carbocycles. The predicted octanol–water partition coefficient (Wildman–Crippen LogP) is 3.73. The van der Waals surface area contributed by atoms with Gasteiger partial charge in [0.2, 0.25) is 0 Å². The monoisotopic (exact) mass is 458 g/mol. The second kappa shape index (κ2) is 10.1. The number of likely N-dealkylation sites (N-methyl/N-ethyl adjacent to an activating group) is 1. The van der Waals surface area contributed by atoms with Crippen LogP contribution in [-0.4, -0.2) is 67.5 Å². The van der Waals surface area contributed by atoms with Crippen molar-refractivity contribution in [1.29, 1.82) is 0 Å². The molecule has 0 bridgehead atoms. The van der Waals surface area contributed by atoms with E-state index in [-0.39, 0.29) is 11.3 Å². The Hall–Kier alpha value is -3.03. The van der Waals surface area contributed by atoms with E-state index in [0.717, 1.165) is 0 Å². The molecule has 0 aliphatic carbocycles. The molecule has 0 spiro atoms. The maximum absolute atomic E-state index is 13.1. The molecular formula is C24H27ClN2O5. The number of hydrogen-bond donors (Lipinski definition) is 1. The van der Waals surface area contributed by atoms with E-state index < -0.39 is 17.7 Å². The van der Waals surface area contributed by atoms with Crippen LogP contribution in [0.3, 0.4) is 0 Å². The van der Waals surface area contributed by atoms with E-state index in [2.05, 4.69) is 0 Å². The highest BCUT2D eigenvalue weighted by molar-refractivity contribution is 6.46. The van der Waals surface area contributed by atoms with Crippen molar-refractivity contribution in [1.82, 2.24) is 9.80 Å². The Labute approximate surface area is 192 Å². The van der Waals surface area contributed by atoms with Crippen molar-refractivity contribution in [2.45, 2.75) is 13.0 Å². The van der Waals surface area contributed by atoms with Crippen LogP contribution in [0.15, 0.2) is 48.0 Å². The quantitative estimate of drug-likeness (QED) is 0.369. The summed E-state index contributed by atoms with van der Waals surface area (Å²) in [7, 11) is 5.35. The number of nitrogens with zero attached hydrogens (tertiary/aromatic N) is 2. The van der Waals surface area contributed by atoms with Gasteiger partial charge in [-0.3, -0.25) is 9.59 Å². The molecule has 1 aliphatic heterocycles. The lowest BCUT2D eigenvalue weighted by Gasteiger charge is -2.26. The minimum atomic E-state index is -0.730. The van der Waals surface area contributed by atoms with Crippen LogP contribution in [0.2, 0.25) is 5.02 Å². The summed E-state index contributed by atoms with van der Waals surface area (Å²) < 4.78 is 10.7.